The molecule has 7 heteroatoms. The number of hydrogen-bond donors (Lipinski definition) is 2. The Morgan fingerprint density at radius 3 is 2.61 bits per heavy atom. The van der Waals surface area contributed by atoms with Crippen molar-refractivity contribution in [3.05, 3.63) is 47.3 Å². The van der Waals surface area contributed by atoms with Crippen molar-refractivity contribution in [2.45, 2.75) is 6.42 Å². The van der Waals surface area contributed by atoms with Crippen molar-refractivity contribution < 1.29 is 14.4 Å². The van der Waals surface area contributed by atoms with Crippen LogP contribution in [0, 0.1) is 0 Å². The van der Waals surface area contributed by atoms with Crippen LogP contribution in [0.4, 0.5) is 11.4 Å². The fourth-order valence-corrected chi connectivity index (χ4v) is 2.67. The Hall–Kier alpha value is -3.09. The van der Waals surface area contributed by atoms with E-state index >= 15 is 0 Å². The van der Waals surface area contributed by atoms with E-state index in [1.807, 2.05) is 0 Å². The minimum absolute atomic E-state index is 0.0250. The van der Waals surface area contributed by atoms with Gasteiger partial charge in [-0.1, -0.05) is 0 Å². The van der Waals surface area contributed by atoms with E-state index in [1.165, 1.54) is 12.3 Å². The second-order valence-corrected chi connectivity index (χ2v) is 5.52. The van der Waals surface area contributed by atoms with Crippen molar-refractivity contribution in [1.29, 1.82) is 0 Å². The maximum atomic E-state index is 12.3. The number of amides is 3. The lowest BCUT2D eigenvalue weighted by atomic mass is 10.1. The highest BCUT2D eigenvalue weighted by Crippen LogP contribution is 2.30. The number of rotatable bonds is 3. The van der Waals surface area contributed by atoms with Crippen molar-refractivity contribution in [2.24, 2.45) is 12.8 Å². The van der Waals surface area contributed by atoms with Crippen LogP contribution in [0.5, 0.6) is 0 Å². The highest BCUT2D eigenvalue weighted by atomic mass is 16.2. The van der Waals surface area contributed by atoms with Crippen molar-refractivity contribution in [1.82, 2.24) is 4.57 Å². The molecule has 0 saturated carbocycles. The van der Waals surface area contributed by atoms with Crippen molar-refractivity contribution in [2.75, 3.05) is 17.3 Å². The number of benzene rings is 1. The van der Waals surface area contributed by atoms with Gasteiger partial charge in [0.05, 0.1) is 12.0 Å². The summed E-state index contributed by atoms with van der Waals surface area (Å²) in [6, 6.07) is 6.77. The van der Waals surface area contributed by atoms with Gasteiger partial charge >= 0.3 is 0 Å². The number of primary amides is 1. The number of nitrogens with zero attached hydrogens (tertiary/aromatic N) is 2. The predicted molar refractivity (Wildman–Crippen MR) is 85.4 cm³/mol. The second-order valence-electron chi connectivity index (χ2n) is 5.52. The molecule has 2 aromatic rings. The Labute approximate surface area is 132 Å². The van der Waals surface area contributed by atoms with Gasteiger partial charge in [0.1, 0.15) is 5.69 Å². The lowest BCUT2D eigenvalue weighted by molar-refractivity contribution is -0.117. The quantitative estimate of drug-likeness (QED) is 0.881. The van der Waals surface area contributed by atoms with Crippen LogP contribution in [0.25, 0.3) is 0 Å². The molecule has 0 atom stereocenters. The molecule has 0 saturated heterocycles. The number of carbonyl (C=O) groups is 3. The molecule has 1 aliphatic heterocycles. The highest BCUT2D eigenvalue weighted by molar-refractivity contribution is 6.06. The molecule has 23 heavy (non-hydrogen) atoms. The Balaban J connectivity index is 1.83. The van der Waals surface area contributed by atoms with Crippen LogP contribution in [-0.4, -0.2) is 29.3 Å². The number of aryl methyl sites for hydroxylation is 1. The van der Waals surface area contributed by atoms with E-state index in [2.05, 4.69) is 5.32 Å². The number of aromatic nitrogens is 1. The number of fused-ring (bicyclic) bond motifs is 1. The summed E-state index contributed by atoms with van der Waals surface area (Å²) in [6.07, 6.45) is 1.83. The van der Waals surface area contributed by atoms with Crippen LogP contribution in [0.15, 0.2) is 30.5 Å². The molecule has 7 nitrogen and oxygen atoms in total. The number of hydrogen-bond acceptors (Lipinski definition) is 3. The number of likely N-dealkylation sites (N-methyl/N-ethyl adjacent to an activating group) is 1. The first-order valence-electron chi connectivity index (χ1n) is 7.04. The highest BCUT2D eigenvalue weighted by Gasteiger charge is 2.24. The maximum absolute atomic E-state index is 12.3. The van der Waals surface area contributed by atoms with E-state index in [0.29, 0.717) is 17.8 Å². The van der Waals surface area contributed by atoms with Crippen molar-refractivity contribution in [3.63, 3.8) is 0 Å². The summed E-state index contributed by atoms with van der Waals surface area (Å²) in [5.74, 6) is -0.909. The first-order chi connectivity index (χ1) is 10.9. The zero-order valence-electron chi connectivity index (χ0n) is 12.8. The molecular formula is C16H16N4O3. The van der Waals surface area contributed by atoms with Gasteiger partial charge in [0.2, 0.25) is 11.8 Å². The smallest absolute Gasteiger partial charge is 0.272 e. The van der Waals surface area contributed by atoms with Gasteiger partial charge in [-0.2, -0.15) is 0 Å². The van der Waals surface area contributed by atoms with E-state index in [-0.39, 0.29) is 17.4 Å². The van der Waals surface area contributed by atoms with Gasteiger partial charge in [0.25, 0.3) is 5.91 Å². The average molecular weight is 312 g/mol. The summed E-state index contributed by atoms with van der Waals surface area (Å²) >= 11 is 0. The number of carbonyl (C=O) groups excluding carboxylic acids is 3. The molecule has 3 rings (SSSR count). The van der Waals surface area contributed by atoms with Crippen molar-refractivity contribution >= 4 is 29.1 Å². The molecule has 1 aromatic heterocycles. The van der Waals surface area contributed by atoms with E-state index in [9.17, 15) is 14.4 Å². The third kappa shape index (κ3) is 2.57. The van der Waals surface area contributed by atoms with E-state index < -0.39 is 5.91 Å². The summed E-state index contributed by atoms with van der Waals surface area (Å²) in [7, 11) is 3.39. The first kappa shape index (κ1) is 14.8. The van der Waals surface area contributed by atoms with Crippen LogP contribution in [0.2, 0.25) is 0 Å². The second kappa shape index (κ2) is 5.28. The molecule has 0 radical (unpaired) electrons. The van der Waals surface area contributed by atoms with Crippen LogP contribution in [0.1, 0.15) is 26.4 Å². The van der Waals surface area contributed by atoms with E-state index in [0.717, 1.165) is 11.3 Å². The molecule has 0 aliphatic carbocycles. The van der Waals surface area contributed by atoms with Crippen LogP contribution in [0.3, 0.4) is 0 Å². The molecule has 2 heterocycles. The third-order valence-corrected chi connectivity index (χ3v) is 3.94. The Bertz CT molecular complexity index is 838. The number of nitrogens with one attached hydrogen (secondary N) is 1. The molecule has 0 bridgehead atoms. The molecule has 3 N–H and O–H groups in total. The minimum atomic E-state index is -0.585. The van der Waals surface area contributed by atoms with Crippen LogP contribution < -0.4 is 16.0 Å². The normalized spacial score (nSPS) is 13.1. The number of nitrogens with two attached hydrogens (primary N) is 1. The molecular weight excluding hydrogens is 296 g/mol. The number of anilines is 2. The predicted octanol–water partition coefficient (Wildman–Crippen LogP) is 0.895. The van der Waals surface area contributed by atoms with Gasteiger partial charge in [-0.15, -0.1) is 0 Å². The minimum Gasteiger partial charge on any atom is -0.366 e. The summed E-state index contributed by atoms with van der Waals surface area (Å²) in [5, 5.41) is 2.77. The monoisotopic (exact) mass is 312 g/mol. The fraction of sp³-hybridized carbons (Fsp3) is 0.188. The maximum Gasteiger partial charge on any atom is 0.272 e. The molecule has 1 aromatic carbocycles. The van der Waals surface area contributed by atoms with Gasteiger partial charge < -0.3 is 20.5 Å². The lowest BCUT2D eigenvalue weighted by Crippen LogP contribution is -2.20. The molecule has 1 aliphatic rings. The standard InChI is InChI=1S/C16H16N4O3/c1-19-8-10(15(17)22)6-13(19)16(23)18-11-3-4-12-9(5-11)7-14(21)20(12)2/h3-6,8H,7H2,1-2H3,(H2,17,22)(H,18,23). The Kier molecular flexibility index (Phi) is 3.40. The average Bonchev–Trinajstić information content (AvgIpc) is 3.00. The molecule has 3 amide bonds. The van der Waals surface area contributed by atoms with E-state index in [1.54, 1.807) is 41.8 Å². The van der Waals surface area contributed by atoms with Gasteiger partial charge in [-0.05, 0) is 29.8 Å². The molecule has 118 valence electrons. The topological polar surface area (TPSA) is 97.4 Å². The summed E-state index contributed by atoms with van der Waals surface area (Å²) in [6.45, 7) is 0. The van der Waals surface area contributed by atoms with Gasteiger partial charge in [0, 0.05) is 31.7 Å². The summed E-state index contributed by atoms with van der Waals surface area (Å²) in [5.41, 5.74) is 8.14. The summed E-state index contributed by atoms with van der Waals surface area (Å²) in [4.78, 5) is 36.8. The first-order valence-corrected chi connectivity index (χ1v) is 7.04. The van der Waals surface area contributed by atoms with Crippen LogP contribution in [-0.2, 0) is 18.3 Å². The summed E-state index contributed by atoms with van der Waals surface area (Å²) < 4.78 is 1.54. The lowest BCUT2D eigenvalue weighted by Gasteiger charge is -2.11. The molecule has 0 spiro atoms. The van der Waals surface area contributed by atoms with Gasteiger partial charge in [-0.25, -0.2) is 0 Å². The fourth-order valence-electron chi connectivity index (χ4n) is 2.67. The zero-order valence-corrected chi connectivity index (χ0v) is 12.8. The zero-order chi connectivity index (χ0) is 16.7. The SMILES string of the molecule is CN1C(=O)Cc2cc(NC(=O)c3cc(C(N)=O)cn3C)ccc21. The molecule has 0 unspecified atom stereocenters. The van der Waals surface area contributed by atoms with Crippen molar-refractivity contribution in [3.8, 4) is 0 Å². The van der Waals surface area contributed by atoms with E-state index in [4.69, 9.17) is 5.73 Å². The van der Waals surface area contributed by atoms with Gasteiger partial charge in [-0.3, -0.25) is 14.4 Å². The molecule has 0 fully saturated rings. The van der Waals surface area contributed by atoms with Crippen LogP contribution >= 0.6 is 0 Å². The van der Waals surface area contributed by atoms with Gasteiger partial charge in [0.15, 0.2) is 0 Å². The Morgan fingerprint density at radius 1 is 1.22 bits per heavy atom. The largest absolute Gasteiger partial charge is 0.366 e. The Morgan fingerprint density at radius 2 is 1.96 bits per heavy atom. The third-order valence-electron chi connectivity index (χ3n) is 3.94.